The van der Waals surface area contributed by atoms with E-state index in [9.17, 15) is 0 Å². The molecule has 17 heavy (non-hydrogen) atoms. The Morgan fingerprint density at radius 3 is 2.65 bits per heavy atom. The van der Waals surface area contributed by atoms with Crippen molar-refractivity contribution in [2.24, 2.45) is 0 Å². The molecule has 0 saturated heterocycles. The summed E-state index contributed by atoms with van der Waals surface area (Å²) in [6.07, 6.45) is 13.3. The van der Waals surface area contributed by atoms with Crippen LogP contribution in [0, 0.1) is 6.42 Å². The van der Waals surface area contributed by atoms with Gasteiger partial charge in [-0.15, -0.1) is 0 Å². The molecular weight excluding hydrogens is 204 g/mol. The third-order valence-corrected chi connectivity index (χ3v) is 3.28. The number of hydrogen-bond donors (Lipinski definition) is 0. The Morgan fingerprint density at radius 1 is 1.00 bits per heavy atom. The molecule has 0 bridgehead atoms. The predicted molar refractivity (Wildman–Crippen MR) is 72.5 cm³/mol. The van der Waals surface area contributed by atoms with E-state index in [0.717, 1.165) is 0 Å². The van der Waals surface area contributed by atoms with Crippen LogP contribution in [0.3, 0.4) is 0 Å². The second-order valence-electron chi connectivity index (χ2n) is 4.58. The molecule has 0 heteroatoms. The lowest BCUT2D eigenvalue weighted by Gasteiger charge is -2.14. The lowest BCUT2D eigenvalue weighted by atomic mass is 9.90. The van der Waals surface area contributed by atoms with Gasteiger partial charge in [0.05, 0.1) is 0 Å². The SMILES string of the molecule is CC1=CC2=C([CH]1)C=CC=CC2c1ccccc1. The van der Waals surface area contributed by atoms with E-state index in [-0.39, 0.29) is 0 Å². The van der Waals surface area contributed by atoms with E-state index in [0.29, 0.717) is 5.92 Å². The van der Waals surface area contributed by atoms with Crippen LogP contribution in [0.15, 0.2) is 77.4 Å². The number of allylic oxidation sites excluding steroid dienone is 8. The minimum absolute atomic E-state index is 0.384. The van der Waals surface area contributed by atoms with Gasteiger partial charge in [-0.05, 0) is 23.6 Å². The quantitative estimate of drug-likeness (QED) is 0.658. The molecule has 0 nitrogen and oxygen atoms in total. The second kappa shape index (κ2) is 4.21. The summed E-state index contributed by atoms with van der Waals surface area (Å²) in [4.78, 5) is 0. The van der Waals surface area contributed by atoms with Crippen molar-refractivity contribution in [1.82, 2.24) is 0 Å². The van der Waals surface area contributed by atoms with Gasteiger partial charge >= 0.3 is 0 Å². The number of hydrogen-bond acceptors (Lipinski definition) is 0. The van der Waals surface area contributed by atoms with E-state index in [2.05, 4.69) is 74.1 Å². The van der Waals surface area contributed by atoms with Crippen molar-refractivity contribution >= 4 is 0 Å². The predicted octanol–water partition coefficient (Wildman–Crippen LogP) is 4.36. The molecule has 1 unspecified atom stereocenters. The van der Waals surface area contributed by atoms with Crippen molar-refractivity contribution in [3.05, 3.63) is 89.4 Å². The van der Waals surface area contributed by atoms with Gasteiger partial charge in [-0.25, -0.2) is 0 Å². The van der Waals surface area contributed by atoms with Crippen molar-refractivity contribution < 1.29 is 0 Å². The molecule has 0 spiro atoms. The Bertz CT molecular complexity index is 539. The van der Waals surface area contributed by atoms with Crippen molar-refractivity contribution in [3.63, 3.8) is 0 Å². The average Bonchev–Trinajstić information content (AvgIpc) is 2.61. The molecule has 0 aliphatic heterocycles. The van der Waals surface area contributed by atoms with Crippen LogP contribution in [0.4, 0.5) is 0 Å². The van der Waals surface area contributed by atoms with Crippen LogP contribution in [0.5, 0.6) is 0 Å². The molecule has 1 aromatic carbocycles. The van der Waals surface area contributed by atoms with Crippen molar-refractivity contribution in [2.75, 3.05) is 0 Å². The minimum Gasteiger partial charge on any atom is -0.0726 e. The van der Waals surface area contributed by atoms with Gasteiger partial charge < -0.3 is 0 Å². The molecule has 0 fully saturated rings. The van der Waals surface area contributed by atoms with Gasteiger partial charge in [0, 0.05) is 12.3 Å². The molecule has 1 aromatic rings. The van der Waals surface area contributed by atoms with Crippen LogP contribution in [0.25, 0.3) is 0 Å². The van der Waals surface area contributed by atoms with E-state index in [1.165, 1.54) is 22.3 Å². The molecule has 0 N–H and O–H groups in total. The van der Waals surface area contributed by atoms with Crippen LogP contribution >= 0.6 is 0 Å². The van der Waals surface area contributed by atoms with E-state index < -0.39 is 0 Å². The van der Waals surface area contributed by atoms with Crippen molar-refractivity contribution in [3.8, 4) is 0 Å². The zero-order chi connectivity index (χ0) is 11.7. The molecule has 0 aromatic heterocycles. The highest BCUT2D eigenvalue weighted by molar-refractivity contribution is 5.58. The summed E-state index contributed by atoms with van der Waals surface area (Å²) in [7, 11) is 0. The standard InChI is InChI=1S/C17H15/c1-13-11-15-9-5-6-10-16(17(15)12-13)14-7-3-2-4-8-14/h2-12,16H,1H3. The second-order valence-corrected chi connectivity index (χ2v) is 4.58. The zero-order valence-electron chi connectivity index (χ0n) is 9.93. The van der Waals surface area contributed by atoms with Crippen LogP contribution < -0.4 is 0 Å². The highest BCUT2D eigenvalue weighted by Gasteiger charge is 2.20. The van der Waals surface area contributed by atoms with Crippen LogP contribution in [0.2, 0.25) is 0 Å². The maximum atomic E-state index is 2.30. The van der Waals surface area contributed by atoms with Gasteiger partial charge in [0.1, 0.15) is 0 Å². The highest BCUT2D eigenvalue weighted by atomic mass is 14.2. The molecule has 1 radical (unpaired) electrons. The first kappa shape index (κ1) is 10.3. The normalized spacial score (nSPS) is 22.4. The van der Waals surface area contributed by atoms with Gasteiger partial charge in [0.25, 0.3) is 0 Å². The number of rotatable bonds is 1. The molecule has 0 saturated carbocycles. The summed E-state index contributed by atoms with van der Waals surface area (Å²) in [6, 6.07) is 10.7. The maximum absolute atomic E-state index is 2.30. The van der Waals surface area contributed by atoms with Gasteiger partial charge in [-0.1, -0.05) is 66.3 Å². The fourth-order valence-electron chi connectivity index (χ4n) is 2.50. The summed E-state index contributed by atoms with van der Waals surface area (Å²) in [6.45, 7) is 2.16. The van der Waals surface area contributed by atoms with Crippen LogP contribution in [-0.4, -0.2) is 0 Å². The van der Waals surface area contributed by atoms with Gasteiger partial charge in [-0.2, -0.15) is 0 Å². The monoisotopic (exact) mass is 219 g/mol. The first-order valence-electron chi connectivity index (χ1n) is 6.01. The fourth-order valence-corrected chi connectivity index (χ4v) is 2.50. The van der Waals surface area contributed by atoms with Gasteiger partial charge in [0.15, 0.2) is 0 Å². The number of benzene rings is 1. The largest absolute Gasteiger partial charge is 0.0726 e. The molecule has 0 heterocycles. The lowest BCUT2D eigenvalue weighted by Crippen LogP contribution is -1.97. The summed E-state index contributed by atoms with van der Waals surface area (Å²) >= 11 is 0. The third-order valence-electron chi connectivity index (χ3n) is 3.28. The highest BCUT2D eigenvalue weighted by Crippen LogP contribution is 2.37. The Hall–Kier alpha value is -1.82. The zero-order valence-corrected chi connectivity index (χ0v) is 9.93. The summed E-state index contributed by atoms with van der Waals surface area (Å²) in [5.74, 6) is 0.384. The first-order chi connectivity index (χ1) is 8.34. The average molecular weight is 219 g/mol. The smallest absolute Gasteiger partial charge is 0.0275 e. The Balaban J connectivity index is 2.07. The molecule has 2 aliphatic carbocycles. The van der Waals surface area contributed by atoms with E-state index >= 15 is 0 Å². The van der Waals surface area contributed by atoms with Crippen LogP contribution in [-0.2, 0) is 0 Å². The van der Waals surface area contributed by atoms with E-state index in [1.807, 2.05) is 0 Å². The van der Waals surface area contributed by atoms with Gasteiger partial charge in [-0.3, -0.25) is 0 Å². The van der Waals surface area contributed by atoms with Crippen molar-refractivity contribution in [2.45, 2.75) is 12.8 Å². The summed E-state index contributed by atoms with van der Waals surface area (Å²) in [5, 5.41) is 0. The maximum Gasteiger partial charge on any atom is 0.0275 e. The molecular formula is C17H15. The molecule has 1 atom stereocenters. The topological polar surface area (TPSA) is 0 Å². The Morgan fingerprint density at radius 2 is 1.82 bits per heavy atom. The molecule has 0 amide bonds. The minimum atomic E-state index is 0.384. The Labute approximate surface area is 103 Å². The lowest BCUT2D eigenvalue weighted by molar-refractivity contribution is 1.03. The van der Waals surface area contributed by atoms with E-state index in [1.54, 1.807) is 0 Å². The Kier molecular flexibility index (Phi) is 2.56. The summed E-state index contributed by atoms with van der Waals surface area (Å²) in [5.41, 5.74) is 5.47. The van der Waals surface area contributed by atoms with Crippen molar-refractivity contribution in [1.29, 1.82) is 0 Å². The first-order valence-corrected chi connectivity index (χ1v) is 6.01. The molecule has 83 valence electrons. The van der Waals surface area contributed by atoms with Crippen LogP contribution in [0.1, 0.15) is 18.4 Å². The summed E-state index contributed by atoms with van der Waals surface area (Å²) < 4.78 is 0. The molecule has 2 aliphatic rings. The van der Waals surface area contributed by atoms with Gasteiger partial charge in [0.2, 0.25) is 0 Å². The third kappa shape index (κ3) is 1.91. The fraction of sp³-hybridized carbons (Fsp3) is 0.118. The molecule has 3 rings (SSSR count). The van der Waals surface area contributed by atoms with E-state index in [4.69, 9.17) is 0 Å².